The number of hydrogen-bond acceptors (Lipinski definition) is 9. The van der Waals surface area contributed by atoms with Gasteiger partial charge in [-0.15, -0.1) is 6.58 Å². The van der Waals surface area contributed by atoms with Gasteiger partial charge < -0.3 is 30.3 Å². The Morgan fingerprint density at radius 3 is 2.62 bits per heavy atom. The van der Waals surface area contributed by atoms with Gasteiger partial charge in [-0.25, -0.2) is 18.0 Å². The number of hydrogen-bond donors (Lipinski definition) is 4. The lowest BCUT2D eigenvalue weighted by Crippen LogP contribution is -2.59. The van der Waals surface area contributed by atoms with Crippen LogP contribution in [0.1, 0.15) is 63.5 Å². The van der Waals surface area contributed by atoms with Crippen LogP contribution in [-0.4, -0.2) is 85.4 Å². The Balaban J connectivity index is 1.37. The maximum Gasteiger partial charge on any atom is 0.407 e. The second kappa shape index (κ2) is 14.4. The number of nitrogens with one attached hydrogen (secondary N) is 4. The van der Waals surface area contributed by atoms with E-state index in [4.69, 9.17) is 9.47 Å². The van der Waals surface area contributed by atoms with Gasteiger partial charge in [0.15, 0.2) is 0 Å². The van der Waals surface area contributed by atoms with Gasteiger partial charge in [0.05, 0.1) is 18.4 Å². The van der Waals surface area contributed by atoms with E-state index >= 15 is 0 Å². The van der Waals surface area contributed by atoms with Gasteiger partial charge in [-0.1, -0.05) is 50.3 Å². The van der Waals surface area contributed by atoms with E-state index in [9.17, 15) is 32.4 Å². The predicted molar refractivity (Wildman–Crippen MR) is 174 cm³/mol. The maximum atomic E-state index is 14.0. The number of carbonyl (C=O) groups is 5. The number of sulfonamides is 1. The number of rotatable bonds is 7. The average molecular weight is 686 g/mol. The van der Waals surface area contributed by atoms with Crippen molar-refractivity contribution in [3.05, 3.63) is 54.1 Å². The van der Waals surface area contributed by atoms with Crippen molar-refractivity contribution in [1.82, 2.24) is 25.6 Å². The first kappa shape index (κ1) is 34.9. The minimum absolute atomic E-state index is 0.0998. The second-order valence-corrected chi connectivity index (χ2v) is 15.1. The lowest BCUT2D eigenvalue weighted by Gasteiger charge is -2.31. The Bertz CT molecular complexity index is 1590. The van der Waals surface area contributed by atoms with Crippen LogP contribution in [0.5, 0.6) is 0 Å². The van der Waals surface area contributed by atoms with Crippen molar-refractivity contribution >= 4 is 46.0 Å². The molecular weight excluding hydrogens is 642 g/mol. The molecule has 4 N–H and O–H groups in total. The minimum Gasteiger partial charge on any atom is -0.450 e. The fourth-order valence-corrected chi connectivity index (χ4v) is 7.38. The summed E-state index contributed by atoms with van der Waals surface area (Å²) in [5.74, 6) is -3.16. The number of amides is 5. The summed E-state index contributed by atoms with van der Waals surface area (Å²) in [4.78, 5) is 68.0. The van der Waals surface area contributed by atoms with Crippen molar-refractivity contribution in [2.75, 3.05) is 13.2 Å². The Kier molecular flexibility index (Phi) is 10.5. The Hall–Kier alpha value is -4.40. The average Bonchev–Trinajstić information content (AvgIpc) is 3.97. The van der Waals surface area contributed by atoms with E-state index in [1.54, 1.807) is 13.8 Å². The molecule has 260 valence electrons. The molecule has 0 spiro atoms. The molecule has 1 aromatic rings. The molecule has 3 fully saturated rings. The molecule has 2 heterocycles. The number of allylic oxidation sites excluding steroid dienone is 1. The van der Waals surface area contributed by atoms with E-state index in [1.165, 1.54) is 11.0 Å². The third kappa shape index (κ3) is 8.17. The number of cyclic esters (lactones) is 1. The number of carbonyl (C=O) groups excluding carboxylic acids is 5. The van der Waals surface area contributed by atoms with E-state index in [0.717, 1.165) is 11.1 Å². The van der Waals surface area contributed by atoms with Crippen LogP contribution in [0.4, 0.5) is 9.59 Å². The van der Waals surface area contributed by atoms with Crippen LogP contribution >= 0.6 is 0 Å². The van der Waals surface area contributed by atoms with Crippen LogP contribution in [0.15, 0.2) is 43.0 Å². The summed E-state index contributed by atoms with van der Waals surface area (Å²) in [7, 11) is -3.90. The molecule has 1 saturated heterocycles. The number of nitrogens with zero attached hydrogens (tertiary/aromatic N) is 1. The van der Waals surface area contributed by atoms with Crippen molar-refractivity contribution in [3.8, 4) is 0 Å². The summed E-state index contributed by atoms with van der Waals surface area (Å²) in [6.45, 7) is 7.31. The molecule has 4 aliphatic rings. The highest BCUT2D eigenvalue weighted by Gasteiger charge is 2.62. The molecule has 14 nitrogen and oxygen atoms in total. The zero-order valence-electron chi connectivity index (χ0n) is 27.1. The number of alkyl carbamates (subject to hydrolysis) is 2. The highest BCUT2D eigenvalue weighted by molar-refractivity contribution is 7.91. The summed E-state index contributed by atoms with van der Waals surface area (Å²) < 4.78 is 38.2. The van der Waals surface area contributed by atoms with Crippen molar-refractivity contribution in [3.63, 3.8) is 0 Å². The van der Waals surface area contributed by atoms with Crippen LogP contribution in [0.25, 0.3) is 6.08 Å². The molecule has 2 saturated carbocycles. The summed E-state index contributed by atoms with van der Waals surface area (Å²) in [6.07, 6.45) is 5.02. The fourth-order valence-electron chi connectivity index (χ4n) is 6.01. The molecular formula is C33H43N5O9S. The first-order chi connectivity index (χ1) is 22.8. The van der Waals surface area contributed by atoms with E-state index in [2.05, 4.69) is 27.3 Å². The summed E-state index contributed by atoms with van der Waals surface area (Å²) in [5, 5.41) is 7.37. The second-order valence-electron chi connectivity index (χ2n) is 13.1. The van der Waals surface area contributed by atoms with Crippen molar-refractivity contribution in [2.45, 2.75) is 87.9 Å². The standard InChI is InChI=1S/C33H43N5O9S/c1-4-23-17-33(23,30(41)37-48(44,45)25-12-13-25)36-28(39)26-16-24-19-38(26)29(40)27(20(2)3)35-32(43)46-14-7-5-6-9-21-10-8-11-22(15-21)18-34-31(42)47-24/h4,6,8-11,15,20,23-27H,1,5,7,12-14,16-19H2,2-3H3,(H,34,42)(H,35,43)(H,36,39)(H,37,41)/b9-6+/t23-,24+,26-,27-,33+/m0/s1. The molecule has 48 heavy (non-hydrogen) atoms. The van der Waals surface area contributed by atoms with Crippen LogP contribution in [-0.2, 0) is 40.4 Å². The van der Waals surface area contributed by atoms with Crippen molar-refractivity contribution < 1.29 is 41.9 Å². The van der Waals surface area contributed by atoms with Gasteiger partial charge in [-0.05, 0) is 55.2 Å². The molecule has 15 heteroatoms. The number of fused-ring (bicyclic) bond motifs is 4. The molecule has 0 aromatic heterocycles. The largest absolute Gasteiger partial charge is 0.450 e. The van der Waals surface area contributed by atoms with Gasteiger partial charge in [0.2, 0.25) is 21.8 Å². The normalized spacial score (nSPS) is 29.0. The van der Waals surface area contributed by atoms with Crippen LogP contribution < -0.4 is 20.7 Å². The molecule has 2 aliphatic heterocycles. The molecule has 5 atom stereocenters. The lowest BCUT2D eigenvalue weighted by molar-refractivity contribution is -0.141. The van der Waals surface area contributed by atoms with Gasteiger partial charge in [0.25, 0.3) is 5.91 Å². The van der Waals surface area contributed by atoms with Crippen LogP contribution in [0, 0.1) is 11.8 Å². The molecule has 4 bridgehead atoms. The molecule has 1 aromatic carbocycles. The van der Waals surface area contributed by atoms with E-state index in [1.807, 2.05) is 36.4 Å². The first-order valence-electron chi connectivity index (χ1n) is 16.3. The quantitative estimate of drug-likeness (QED) is 0.312. The first-order valence-corrected chi connectivity index (χ1v) is 17.8. The van der Waals surface area contributed by atoms with Gasteiger partial charge >= 0.3 is 12.2 Å². The molecule has 5 rings (SSSR count). The molecule has 5 amide bonds. The van der Waals surface area contributed by atoms with E-state index < -0.39 is 80.7 Å². The highest BCUT2D eigenvalue weighted by Crippen LogP contribution is 2.45. The third-order valence-electron chi connectivity index (χ3n) is 9.02. The van der Waals surface area contributed by atoms with E-state index in [0.29, 0.717) is 25.7 Å². The monoisotopic (exact) mass is 685 g/mol. The van der Waals surface area contributed by atoms with Crippen molar-refractivity contribution in [2.24, 2.45) is 11.8 Å². The third-order valence-corrected chi connectivity index (χ3v) is 10.8. The molecule has 2 aliphatic carbocycles. The predicted octanol–water partition coefficient (Wildman–Crippen LogP) is 2.11. The Labute approximate surface area is 280 Å². The summed E-state index contributed by atoms with van der Waals surface area (Å²) >= 11 is 0. The zero-order valence-corrected chi connectivity index (χ0v) is 27.9. The smallest absolute Gasteiger partial charge is 0.407 e. The molecule has 0 radical (unpaired) electrons. The Morgan fingerprint density at radius 1 is 1.17 bits per heavy atom. The summed E-state index contributed by atoms with van der Waals surface area (Å²) in [6, 6.07) is 5.27. The van der Waals surface area contributed by atoms with Crippen molar-refractivity contribution in [1.29, 1.82) is 0 Å². The summed E-state index contributed by atoms with van der Waals surface area (Å²) in [5.41, 5.74) is 0.191. The lowest BCUT2D eigenvalue weighted by atomic mass is 10.0. The topological polar surface area (TPSA) is 189 Å². The maximum absolute atomic E-state index is 14.0. The Morgan fingerprint density at radius 2 is 1.94 bits per heavy atom. The number of benzene rings is 1. The fraction of sp³-hybridized carbons (Fsp3) is 0.545. The van der Waals surface area contributed by atoms with Gasteiger partial charge in [-0.2, -0.15) is 0 Å². The van der Waals surface area contributed by atoms with E-state index in [-0.39, 0.29) is 32.5 Å². The SMILES string of the molecule is C=C[C@H]1C[C@]1(NC(=O)[C@@H]1C[C@@H]2CN1C(=O)[C@H](C(C)C)NC(=O)OCCC/C=C/c1cccc(c1)CNC(=O)O2)C(=O)NS(=O)(=O)C1CC1. The minimum atomic E-state index is -3.90. The van der Waals surface area contributed by atoms with Crippen LogP contribution in [0.2, 0.25) is 0 Å². The zero-order chi connectivity index (χ0) is 34.6. The van der Waals surface area contributed by atoms with Gasteiger partial charge in [-0.3, -0.25) is 19.1 Å². The van der Waals surface area contributed by atoms with Gasteiger partial charge in [0.1, 0.15) is 23.7 Å². The molecule has 0 unspecified atom stereocenters. The number of ether oxygens (including phenoxy) is 2. The highest BCUT2D eigenvalue weighted by atomic mass is 32.2. The van der Waals surface area contributed by atoms with Crippen LogP contribution in [0.3, 0.4) is 0 Å². The van der Waals surface area contributed by atoms with Gasteiger partial charge in [0, 0.05) is 18.9 Å².